The second kappa shape index (κ2) is 8.11. The minimum atomic E-state index is -0.384. The lowest BCUT2D eigenvalue weighted by Gasteiger charge is -2.22. The van der Waals surface area contributed by atoms with E-state index in [0.29, 0.717) is 29.2 Å². The fourth-order valence-electron chi connectivity index (χ4n) is 2.71. The molecule has 24 heavy (non-hydrogen) atoms. The molecule has 0 aromatic heterocycles. The summed E-state index contributed by atoms with van der Waals surface area (Å²) in [6.07, 6.45) is 1.54. The van der Waals surface area contributed by atoms with E-state index in [0.717, 1.165) is 18.4 Å². The topological polar surface area (TPSA) is 44.5 Å². The molecule has 0 radical (unpaired) electrons. The van der Waals surface area contributed by atoms with Crippen LogP contribution in [-0.2, 0) is 6.42 Å². The highest BCUT2D eigenvalue weighted by molar-refractivity contribution is 5.77. The molecule has 3 nitrogen and oxygen atoms in total. The summed E-state index contributed by atoms with van der Waals surface area (Å²) in [5.41, 5.74) is 6.61. The zero-order chi connectivity index (χ0) is 17.7. The van der Waals surface area contributed by atoms with E-state index in [4.69, 9.17) is 9.47 Å². The average molecular weight is 335 g/mol. The first-order valence-electron chi connectivity index (χ1n) is 8.04. The molecule has 0 aliphatic carbocycles. The number of rotatable bonds is 3. The molecule has 0 saturated heterocycles. The van der Waals surface area contributed by atoms with Gasteiger partial charge in [-0.25, -0.2) is 8.78 Å². The predicted molar refractivity (Wildman–Crippen MR) is 91.5 cm³/mol. The van der Waals surface area contributed by atoms with E-state index >= 15 is 0 Å². The molecule has 0 saturated carbocycles. The number of fused-ring (bicyclic) bond motifs is 1. The van der Waals surface area contributed by atoms with Gasteiger partial charge in [0.2, 0.25) is 0 Å². The maximum Gasteiger partial charge on any atom is 0.130 e. The van der Waals surface area contributed by atoms with E-state index in [1.54, 1.807) is 6.07 Å². The van der Waals surface area contributed by atoms with Crippen molar-refractivity contribution >= 4 is 0 Å². The predicted octanol–water partition coefficient (Wildman–Crippen LogP) is 4.32. The minimum absolute atomic E-state index is 0.106. The highest BCUT2D eigenvalue weighted by Gasteiger charge is 2.20. The quantitative estimate of drug-likeness (QED) is 0.908. The van der Waals surface area contributed by atoms with Crippen LogP contribution in [0.15, 0.2) is 30.3 Å². The highest BCUT2D eigenvalue weighted by Crippen LogP contribution is 2.41. The van der Waals surface area contributed by atoms with Gasteiger partial charge in [0, 0.05) is 17.2 Å². The van der Waals surface area contributed by atoms with Gasteiger partial charge in [0.05, 0.1) is 12.7 Å². The van der Waals surface area contributed by atoms with Gasteiger partial charge in [-0.15, -0.1) is 0 Å². The second-order valence-electron chi connectivity index (χ2n) is 5.70. The number of hydrogen-bond donors (Lipinski definition) is 1. The normalized spacial score (nSPS) is 12.8. The number of aryl methyl sites for hydroxylation is 1. The molecule has 0 fully saturated rings. The third kappa shape index (κ3) is 4.03. The first kappa shape index (κ1) is 18.2. The molecule has 1 aliphatic rings. The van der Waals surface area contributed by atoms with Gasteiger partial charge in [-0.05, 0) is 63.6 Å². The van der Waals surface area contributed by atoms with Crippen LogP contribution >= 0.6 is 0 Å². The summed E-state index contributed by atoms with van der Waals surface area (Å²) in [5, 5.41) is 0. The smallest absolute Gasteiger partial charge is 0.130 e. The van der Waals surface area contributed by atoms with Crippen molar-refractivity contribution in [1.82, 2.24) is 0 Å². The van der Waals surface area contributed by atoms with E-state index in [9.17, 15) is 8.78 Å². The van der Waals surface area contributed by atoms with E-state index in [-0.39, 0.29) is 17.7 Å². The molecule has 0 spiro atoms. The molecule has 0 unspecified atom stereocenters. The zero-order valence-electron chi connectivity index (χ0n) is 14.2. The molecular weight excluding hydrogens is 312 g/mol. The standard InChI is InChI=1S/C18H18F2O2.CH5N/c1-11(2)22-17-10-13(19)5-6-15(17)16-9-14(20)8-12-4-3-7-21-18(12)16;1-2/h5-6,8-11H,3-4,7H2,1-2H3;2H2,1H3. The van der Waals surface area contributed by atoms with Gasteiger partial charge in [-0.2, -0.15) is 0 Å². The summed E-state index contributed by atoms with van der Waals surface area (Å²) >= 11 is 0. The van der Waals surface area contributed by atoms with E-state index in [1.807, 2.05) is 13.8 Å². The first-order chi connectivity index (χ1) is 11.5. The van der Waals surface area contributed by atoms with Crippen LogP contribution in [0.25, 0.3) is 11.1 Å². The summed E-state index contributed by atoms with van der Waals surface area (Å²) in [6.45, 7) is 4.34. The molecule has 2 aromatic carbocycles. The lowest BCUT2D eigenvalue weighted by Crippen LogP contribution is -2.11. The Bertz CT molecular complexity index is 702. The van der Waals surface area contributed by atoms with Gasteiger partial charge >= 0.3 is 0 Å². The lowest BCUT2D eigenvalue weighted by molar-refractivity contribution is 0.242. The van der Waals surface area contributed by atoms with Crippen molar-refractivity contribution < 1.29 is 18.3 Å². The van der Waals surface area contributed by atoms with E-state index in [2.05, 4.69) is 5.73 Å². The molecule has 0 atom stereocenters. The van der Waals surface area contributed by atoms with Gasteiger partial charge in [-0.3, -0.25) is 0 Å². The van der Waals surface area contributed by atoms with Crippen molar-refractivity contribution in [2.24, 2.45) is 5.73 Å². The second-order valence-corrected chi connectivity index (χ2v) is 5.70. The molecular formula is C19H23F2NO2. The van der Waals surface area contributed by atoms with Crippen molar-refractivity contribution in [3.63, 3.8) is 0 Å². The summed E-state index contributed by atoms with van der Waals surface area (Å²) < 4.78 is 38.9. The molecule has 1 aliphatic heterocycles. The maximum absolute atomic E-state index is 13.9. The van der Waals surface area contributed by atoms with Crippen LogP contribution in [0.1, 0.15) is 25.8 Å². The Morgan fingerprint density at radius 1 is 1.04 bits per heavy atom. The Balaban J connectivity index is 0.00000100. The fourth-order valence-corrected chi connectivity index (χ4v) is 2.71. The maximum atomic E-state index is 13.9. The SMILES string of the molecule is CC(C)Oc1cc(F)ccc1-c1cc(F)cc2c1OCCC2.CN. The van der Waals surface area contributed by atoms with Crippen LogP contribution in [0.2, 0.25) is 0 Å². The number of halogens is 2. The van der Waals surface area contributed by atoms with Crippen LogP contribution in [0.3, 0.4) is 0 Å². The van der Waals surface area contributed by atoms with Crippen molar-refractivity contribution in [3.8, 4) is 22.6 Å². The van der Waals surface area contributed by atoms with Crippen LogP contribution < -0.4 is 15.2 Å². The first-order valence-corrected chi connectivity index (χ1v) is 8.04. The van der Waals surface area contributed by atoms with Gasteiger partial charge in [-0.1, -0.05) is 0 Å². The van der Waals surface area contributed by atoms with Crippen molar-refractivity contribution in [2.45, 2.75) is 32.8 Å². The van der Waals surface area contributed by atoms with Crippen LogP contribution in [0.4, 0.5) is 8.78 Å². The van der Waals surface area contributed by atoms with Gasteiger partial charge in [0.25, 0.3) is 0 Å². The van der Waals surface area contributed by atoms with Crippen LogP contribution in [-0.4, -0.2) is 19.8 Å². The van der Waals surface area contributed by atoms with Crippen molar-refractivity contribution in [2.75, 3.05) is 13.7 Å². The van der Waals surface area contributed by atoms with E-state index in [1.165, 1.54) is 31.3 Å². The molecule has 130 valence electrons. The Labute approximate surface area is 141 Å². The highest BCUT2D eigenvalue weighted by atomic mass is 19.1. The Hall–Kier alpha value is -2.14. The Morgan fingerprint density at radius 2 is 1.79 bits per heavy atom. The van der Waals surface area contributed by atoms with Crippen LogP contribution in [0, 0.1) is 11.6 Å². The number of benzene rings is 2. The van der Waals surface area contributed by atoms with Crippen LogP contribution in [0.5, 0.6) is 11.5 Å². The molecule has 0 bridgehead atoms. The van der Waals surface area contributed by atoms with Crippen molar-refractivity contribution in [1.29, 1.82) is 0 Å². The minimum Gasteiger partial charge on any atom is -0.493 e. The molecule has 1 heterocycles. The monoisotopic (exact) mass is 335 g/mol. The molecule has 3 rings (SSSR count). The van der Waals surface area contributed by atoms with Gasteiger partial charge in [0.15, 0.2) is 0 Å². The van der Waals surface area contributed by atoms with E-state index < -0.39 is 0 Å². The number of nitrogens with two attached hydrogens (primary N) is 1. The van der Waals surface area contributed by atoms with Gasteiger partial charge in [0.1, 0.15) is 23.1 Å². The third-order valence-corrected chi connectivity index (χ3v) is 3.56. The number of ether oxygens (including phenoxy) is 2. The number of hydrogen-bond acceptors (Lipinski definition) is 3. The molecule has 5 heteroatoms. The molecule has 2 aromatic rings. The summed E-state index contributed by atoms with van der Waals surface area (Å²) in [7, 11) is 1.50. The fraction of sp³-hybridized carbons (Fsp3) is 0.368. The van der Waals surface area contributed by atoms with Gasteiger partial charge < -0.3 is 15.2 Å². The molecule has 2 N–H and O–H groups in total. The van der Waals surface area contributed by atoms with Crippen molar-refractivity contribution in [3.05, 3.63) is 47.5 Å². The average Bonchev–Trinajstić information content (AvgIpc) is 2.55. The Morgan fingerprint density at radius 3 is 2.50 bits per heavy atom. The summed E-state index contributed by atoms with van der Waals surface area (Å²) in [5.74, 6) is 0.370. The summed E-state index contributed by atoms with van der Waals surface area (Å²) in [4.78, 5) is 0. The Kier molecular flexibility index (Phi) is 6.15. The molecule has 0 amide bonds. The summed E-state index contributed by atoms with van der Waals surface area (Å²) in [6, 6.07) is 7.22. The third-order valence-electron chi connectivity index (χ3n) is 3.56. The largest absolute Gasteiger partial charge is 0.493 e. The lowest BCUT2D eigenvalue weighted by atomic mass is 9.96. The zero-order valence-corrected chi connectivity index (χ0v) is 14.2.